The number of anilines is 1. The van der Waals surface area contributed by atoms with E-state index in [2.05, 4.69) is 5.32 Å². The van der Waals surface area contributed by atoms with Gasteiger partial charge in [0.05, 0.1) is 10.9 Å². The van der Waals surface area contributed by atoms with Crippen LogP contribution in [0.3, 0.4) is 0 Å². The number of pyridine rings is 1. The Kier molecular flexibility index (Phi) is 5.38. The summed E-state index contributed by atoms with van der Waals surface area (Å²) >= 11 is 13.1. The predicted octanol–water partition coefficient (Wildman–Crippen LogP) is 4.38. The van der Waals surface area contributed by atoms with E-state index in [-0.39, 0.29) is 27.2 Å². The minimum atomic E-state index is -4.74. The van der Waals surface area contributed by atoms with Crippen LogP contribution in [0.1, 0.15) is 5.56 Å². The lowest BCUT2D eigenvalue weighted by atomic mass is 9.87. The molecule has 11 heteroatoms. The first-order chi connectivity index (χ1) is 12.6. The van der Waals surface area contributed by atoms with Gasteiger partial charge >= 0.3 is 12.1 Å². The lowest BCUT2D eigenvalue weighted by molar-refractivity contribution is -0.645. The number of carbonyl (C=O) groups is 1. The molecule has 27 heavy (non-hydrogen) atoms. The summed E-state index contributed by atoms with van der Waals surface area (Å²) in [5, 5.41) is 23.7. The van der Waals surface area contributed by atoms with E-state index in [1.807, 2.05) is 0 Å². The first-order valence-corrected chi connectivity index (χ1v) is 9.09. The molecule has 0 aliphatic carbocycles. The zero-order chi connectivity index (χ0) is 19.9. The second-order valence-corrected chi connectivity index (χ2v) is 7.69. The van der Waals surface area contributed by atoms with Crippen molar-refractivity contribution in [1.29, 1.82) is 0 Å². The predicted molar refractivity (Wildman–Crippen MR) is 94.3 cm³/mol. The minimum Gasteiger partial charge on any atom is -0.618 e. The highest BCUT2D eigenvalue weighted by Crippen LogP contribution is 2.42. The fraction of sp³-hybridized carbons (Fsp3) is 0.250. The summed E-state index contributed by atoms with van der Waals surface area (Å²) in [6.07, 6.45) is -3.83. The largest absolute Gasteiger partial charge is 0.618 e. The molecule has 1 aliphatic heterocycles. The van der Waals surface area contributed by atoms with Gasteiger partial charge in [-0.15, -0.1) is 0 Å². The Balaban J connectivity index is 2.00. The summed E-state index contributed by atoms with van der Waals surface area (Å²) in [7, 11) is 0. The molecule has 5 nitrogen and oxygen atoms in total. The van der Waals surface area contributed by atoms with Crippen LogP contribution in [-0.2, 0) is 11.2 Å². The molecule has 0 radical (unpaired) electrons. The molecule has 0 saturated heterocycles. The fourth-order valence-corrected chi connectivity index (χ4v) is 4.22. The monoisotopic (exact) mass is 438 g/mol. The molecule has 1 aromatic heterocycles. The Bertz CT molecular complexity index is 891. The van der Waals surface area contributed by atoms with E-state index >= 15 is 0 Å². The van der Waals surface area contributed by atoms with Crippen molar-refractivity contribution in [3.05, 3.63) is 51.3 Å². The van der Waals surface area contributed by atoms with E-state index < -0.39 is 24.1 Å². The topological polar surface area (TPSA) is 76.3 Å². The SMILES string of the molecule is O=C(O)C1Cc2cc(Cl)c(Sc3c(Cl)ccc[n+]3[O-])cc2NC1C(F)(F)F. The van der Waals surface area contributed by atoms with Crippen LogP contribution in [-0.4, -0.2) is 23.3 Å². The Hall–Kier alpha value is -1.84. The van der Waals surface area contributed by atoms with Crippen molar-refractivity contribution >= 4 is 46.6 Å². The molecule has 2 heterocycles. The van der Waals surface area contributed by atoms with E-state index in [4.69, 9.17) is 28.3 Å². The number of rotatable bonds is 3. The molecular weight excluding hydrogens is 428 g/mol. The molecule has 0 bridgehead atoms. The number of nitrogens with zero attached hydrogens (tertiary/aromatic N) is 1. The fourth-order valence-electron chi connectivity index (χ4n) is 2.79. The molecule has 0 fully saturated rings. The highest BCUT2D eigenvalue weighted by atomic mass is 35.5. The summed E-state index contributed by atoms with van der Waals surface area (Å²) in [5.41, 5.74) is 0.470. The Morgan fingerprint density at radius 1 is 1.33 bits per heavy atom. The first kappa shape index (κ1) is 19.9. The summed E-state index contributed by atoms with van der Waals surface area (Å²) in [6, 6.07) is 3.49. The van der Waals surface area contributed by atoms with Gasteiger partial charge in [-0.1, -0.05) is 23.2 Å². The van der Waals surface area contributed by atoms with E-state index in [1.54, 1.807) is 0 Å². The lowest BCUT2D eigenvalue weighted by Crippen LogP contribution is -2.49. The number of hydrogen-bond acceptors (Lipinski definition) is 4. The zero-order valence-electron chi connectivity index (χ0n) is 13.3. The first-order valence-electron chi connectivity index (χ1n) is 7.52. The number of carboxylic acids is 1. The molecule has 1 aromatic carbocycles. The van der Waals surface area contributed by atoms with Crippen molar-refractivity contribution in [3.8, 4) is 0 Å². The summed E-state index contributed by atoms with van der Waals surface area (Å²) < 4.78 is 40.3. The van der Waals surface area contributed by atoms with Gasteiger partial charge in [-0.2, -0.15) is 17.9 Å². The average Bonchev–Trinajstić information content (AvgIpc) is 2.56. The third-order valence-electron chi connectivity index (χ3n) is 4.06. The molecule has 1 aliphatic rings. The van der Waals surface area contributed by atoms with Crippen molar-refractivity contribution in [3.63, 3.8) is 0 Å². The number of aliphatic carboxylic acids is 1. The molecule has 2 N–H and O–H groups in total. The van der Waals surface area contributed by atoms with Crippen molar-refractivity contribution in [2.45, 2.75) is 28.6 Å². The molecule has 0 spiro atoms. The number of halogens is 5. The Labute approximate surface area is 165 Å². The van der Waals surface area contributed by atoms with Crippen LogP contribution in [0.5, 0.6) is 0 Å². The molecule has 0 saturated carbocycles. The molecule has 2 unspecified atom stereocenters. The van der Waals surface area contributed by atoms with Gasteiger partial charge < -0.3 is 15.6 Å². The number of fused-ring (bicyclic) bond motifs is 1. The van der Waals surface area contributed by atoms with Gasteiger partial charge in [-0.3, -0.25) is 4.79 Å². The maximum Gasteiger partial charge on any atom is 0.409 e. The summed E-state index contributed by atoms with van der Waals surface area (Å²) in [5.74, 6) is -3.21. The van der Waals surface area contributed by atoms with Crippen LogP contribution >= 0.6 is 35.0 Å². The van der Waals surface area contributed by atoms with Crippen LogP contribution in [0.25, 0.3) is 0 Å². The highest BCUT2D eigenvalue weighted by molar-refractivity contribution is 7.99. The second kappa shape index (κ2) is 7.29. The van der Waals surface area contributed by atoms with Gasteiger partial charge in [0.15, 0.2) is 6.20 Å². The average molecular weight is 439 g/mol. The van der Waals surface area contributed by atoms with E-state index in [0.29, 0.717) is 15.2 Å². The Morgan fingerprint density at radius 2 is 2.04 bits per heavy atom. The van der Waals surface area contributed by atoms with Gasteiger partial charge in [0.25, 0.3) is 5.03 Å². The van der Waals surface area contributed by atoms with Crippen molar-refractivity contribution in [2.24, 2.45) is 5.92 Å². The number of benzene rings is 1. The highest BCUT2D eigenvalue weighted by Gasteiger charge is 2.50. The van der Waals surface area contributed by atoms with Gasteiger partial charge in [-0.25, -0.2) is 0 Å². The number of hydrogen-bond donors (Lipinski definition) is 2. The van der Waals surface area contributed by atoms with E-state index in [1.165, 1.54) is 30.5 Å². The zero-order valence-corrected chi connectivity index (χ0v) is 15.6. The van der Waals surface area contributed by atoms with Gasteiger partial charge in [-0.05, 0) is 41.9 Å². The van der Waals surface area contributed by atoms with Crippen LogP contribution in [0.4, 0.5) is 18.9 Å². The molecule has 2 atom stereocenters. The van der Waals surface area contributed by atoms with Gasteiger partial charge in [0.2, 0.25) is 0 Å². The van der Waals surface area contributed by atoms with Crippen LogP contribution < -0.4 is 10.0 Å². The third-order valence-corrected chi connectivity index (χ3v) is 6.05. The van der Waals surface area contributed by atoms with Gasteiger partial charge in [0.1, 0.15) is 11.1 Å². The number of aromatic nitrogens is 1. The summed E-state index contributed by atoms with van der Waals surface area (Å²) in [4.78, 5) is 11.6. The normalized spacial score (nSPS) is 19.3. The van der Waals surface area contributed by atoms with Crippen LogP contribution in [0.15, 0.2) is 40.4 Å². The van der Waals surface area contributed by atoms with E-state index in [0.717, 1.165) is 11.8 Å². The minimum absolute atomic E-state index is 0.117. The van der Waals surface area contributed by atoms with Crippen LogP contribution in [0.2, 0.25) is 10.0 Å². The number of alkyl halides is 3. The van der Waals surface area contributed by atoms with E-state index in [9.17, 15) is 23.2 Å². The molecule has 0 amide bonds. The van der Waals surface area contributed by atoms with Crippen molar-refractivity contribution in [1.82, 2.24) is 0 Å². The maximum absolute atomic E-state index is 13.3. The standard InChI is InChI=1S/C16H11Cl2F3N2O3S/c17-9-2-1-3-23(26)14(9)27-12-6-11-7(5-10(12)18)4-8(15(24)25)13(22-11)16(19,20)21/h1-3,5-6,8,13,22H,4H2,(H,24,25). The number of nitrogens with one attached hydrogen (secondary N) is 1. The lowest BCUT2D eigenvalue weighted by Gasteiger charge is -2.34. The molecule has 3 rings (SSSR count). The molecule has 2 aromatic rings. The quantitative estimate of drug-likeness (QED) is 0.549. The van der Waals surface area contributed by atoms with Crippen molar-refractivity contribution < 1.29 is 27.8 Å². The third kappa shape index (κ3) is 4.04. The molecular formula is C16H11Cl2F3N2O3S. The van der Waals surface area contributed by atoms with Crippen LogP contribution in [0, 0.1) is 11.1 Å². The maximum atomic E-state index is 13.3. The second-order valence-electron chi connectivity index (χ2n) is 5.84. The Morgan fingerprint density at radius 3 is 2.63 bits per heavy atom. The number of carboxylic acid groups (broad SMARTS) is 1. The smallest absolute Gasteiger partial charge is 0.409 e. The summed E-state index contributed by atoms with van der Waals surface area (Å²) in [6.45, 7) is 0. The van der Waals surface area contributed by atoms with Gasteiger partial charge in [0, 0.05) is 16.6 Å². The van der Waals surface area contributed by atoms with Crippen molar-refractivity contribution in [2.75, 3.05) is 5.32 Å². The molecule has 144 valence electrons.